The summed E-state index contributed by atoms with van der Waals surface area (Å²) in [7, 11) is 1.52. The van der Waals surface area contributed by atoms with Crippen molar-refractivity contribution in [3.8, 4) is 5.75 Å². The molecule has 0 aliphatic heterocycles. The lowest BCUT2D eigenvalue weighted by molar-refractivity contribution is 0.0698. The Morgan fingerprint density at radius 2 is 2.05 bits per heavy atom. The van der Waals surface area contributed by atoms with Crippen molar-refractivity contribution < 1.29 is 19.4 Å². The van der Waals surface area contributed by atoms with Crippen molar-refractivity contribution in [3.05, 3.63) is 45.6 Å². The SMILES string of the molecule is COc1csc(C(=O)Nc2ccc(C)cc2C(=O)O)c1. The van der Waals surface area contributed by atoms with Crippen molar-refractivity contribution in [2.45, 2.75) is 6.92 Å². The van der Waals surface area contributed by atoms with Gasteiger partial charge in [-0.1, -0.05) is 11.6 Å². The number of ether oxygens (including phenoxy) is 1. The number of nitrogens with one attached hydrogen (secondary N) is 1. The molecule has 0 spiro atoms. The Hall–Kier alpha value is -2.34. The Morgan fingerprint density at radius 3 is 2.65 bits per heavy atom. The first-order chi connectivity index (χ1) is 9.51. The summed E-state index contributed by atoms with van der Waals surface area (Å²) < 4.78 is 5.01. The number of thiophene rings is 1. The van der Waals surface area contributed by atoms with E-state index in [4.69, 9.17) is 9.84 Å². The van der Waals surface area contributed by atoms with E-state index in [-0.39, 0.29) is 17.2 Å². The van der Waals surface area contributed by atoms with E-state index in [1.807, 2.05) is 0 Å². The maximum Gasteiger partial charge on any atom is 0.337 e. The first-order valence-electron chi connectivity index (χ1n) is 5.79. The van der Waals surface area contributed by atoms with Crippen LogP contribution in [-0.4, -0.2) is 24.1 Å². The third-order valence-electron chi connectivity index (χ3n) is 2.69. The number of amides is 1. The Morgan fingerprint density at radius 1 is 1.30 bits per heavy atom. The Balaban J connectivity index is 2.25. The number of carboxylic acids is 1. The summed E-state index contributed by atoms with van der Waals surface area (Å²) in [5.74, 6) is -0.833. The number of carbonyl (C=O) groups is 2. The lowest BCUT2D eigenvalue weighted by Gasteiger charge is -2.08. The van der Waals surface area contributed by atoms with E-state index in [2.05, 4.69) is 5.32 Å². The average molecular weight is 291 g/mol. The predicted octanol–water partition coefficient (Wildman–Crippen LogP) is 3.02. The van der Waals surface area contributed by atoms with E-state index >= 15 is 0 Å². The van der Waals surface area contributed by atoms with Gasteiger partial charge in [-0.25, -0.2) is 4.79 Å². The van der Waals surface area contributed by atoms with Gasteiger partial charge in [0.2, 0.25) is 0 Å². The molecular weight excluding hydrogens is 278 g/mol. The molecule has 0 atom stereocenters. The van der Waals surface area contributed by atoms with Gasteiger partial charge in [0.25, 0.3) is 5.91 Å². The Bertz CT molecular complexity index is 663. The van der Waals surface area contributed by atoms with Crippen molar-refractivity contribution in [1.29, 1.82) is 0 Å². The van der Waals surface area contributed by atoms with Gasteiger partial charge in [-0.3, -0.25) is 4.79 Å². The van der Waals surface area contributed by atoms with Gasteiger partial charge in [0.05, 0.1) is 23.2 Å². The second-order valence-electron chi connectivity index (χ2n) is 4.16. The molecule has 1 heterocycles. The van der Waals surface area contributed by atoms with Gasteiger partial charge in [0.15, 0.2) is 0 Å². The first kappa shape index (κ1) is 14.1. The fraction of sp³-hybridized carbons (Fsp3) is 0.143. The lowest BCUT2D eigenvalue weighted by atomic mass is 10.1. The molecule has 2 aromatic rings. The van der Waals surface area contributed by atoms with E-state index in [1.54, 1.807) is 30.5 Å². The van der Waals surface area contributed by atoms with Crippen LogP contribution in [0, 0.1) is 6.92 Å². The topological polar surface area (TPSA) is 75.6 Å². The van der Waals surface area contributed by atoms with Crippen LogP contribution < -0.4 is 10.1 Å². The molecule has 20 heavy (non-hydrogen) atoms. The van der Waals surface area contributed by atoms with Crippen LogP contribution in [0.3, 0.4) is 0 Å². The van der Waals surface area contributed by atoms with Crippen molar-refractivity contribution >= 4 is 28.9 Å². The van der Waals surface area contributed by atoms with Gasteiger partial charge in [-0.05, 0) is 19.1 Å². The predicted molar refractivity (Wildman–Crippen MR) is 77.0 cm³/mol. The summed E-state index contributed by atoms with van der Waals surface area (Å²) in [6.07, 6.45) is 0. The molecule has 0 bridgehead atoms. The molecule has 1 amide bonds. The molecule has 0 aliphatic carbocycles. The minimum Gasteiger partial charge on any atom is -0.496 e. The lowest BCUT2D eigenvalue weighted by Crippen LogP contribution is -2.13. The average Bonchev–Trinajstić information content (AvgIpc) is 2.89. The van der Waals surface area contributed by atoms with Crippen LogP contribution in [0.15, 0.2) is 29.6 Å². The molecule has 0 unspecified atom stereocenters. The van der Waals surface area contributed by atoms with E-state index in [1.165, 1.54) is 24.5 Å². The highest BCUT2D eigenvalue weighted by molar-refractivity contribution is 7.12. The molecule has 0 aliphatic rings. The number of benzene rings is 1. The molecule has 2 N–H and O–H groups in total. The van der Waals surface area contributed by atoms with Gasteiger partial charge >= 0.3 is 5.97 Å². The highest BCUT2D eigenvalue weighted by atomic mass is 32.1. The molecule has 0 radical (unpaired) electrons. The van der Waals surface area contributed by atoms with E-state index in [0.29, 0.717) is 10.6 Å². The highest BCUT2D eigenvalue weighted by Gasteiger charge is 2.15. The summed E-state index contributed by atoms with van der Waals surface area (Å²) in [4.78, 5) is 23.7. The van der Waals surface area contributed by atoms with Gasteiger partial charge in [0.1, 0.15) is 5.75 Å². The van der Waals surface area contributed by atoms with Crippen LogP contribution in [-0.2, 0) is 0 Å². The molecule has 104 valence electrons. The molecule has 2 rings (SSSR count). The number of hydrogen-bond acceptors (Lipinski definition) is 4. The van der Waals surface area contributed by atoms with Gasteiger partial charge in [-0.15, -0.1) is 11.3 Å². The summed E-state index contributed by atoms with van der Waals surface area (Å²) in [6, 6.07) is 6.46. The Kier molecular flexibility index (Phi) is 4.05. The van der Waals surface area contributed by atoms with E-state index in [0.717, 1.165) is 5.56 Å². The normalized spacial score (nSPS) is 10.1. The Labute approximate surface area is 119 Å². The van der Waals surface area contributed by atoms with E-state index < -0.39 is 5.97 Å². The van der Waals surface area contributed by atoms with Gasteiger partial charge in [-0.2, -0.15) is 0 Å². The number of carbonyl (C=O) groups excluding carboxylic acids is 1. The van der Waals surface area contributed by atoms with Crippen LogP contribution in [0.1, 0.15) is 25.6 Å². The summed E-state index contributed by atoms with van der Waals surface area (Å²) in [5.41, 5.74) is 1.17. The fourth-order valence-corrected chi connectivity index (χ4v) is 2.42. The third-order valence-corrected chi connectivity index (χ3v) is 3.60. The molecule has 0 fully saturated rings. The smallest absolute Gasteiger partial charge is 0.337 e. The molecule has 6 heteroatoms. The highest BCUT2D eigenvalue weighted by Crippen LogP contribution is 2.23. The molecule has 1 aromatic heterocycles. The standard InChI is InChI=1S/C14H13NO4S/c1-8-3-4-11(10(5-8)14(17)18)15-13(16)12-6-9(19-2)7-20-12/h3-7H,1-2H3,(H,15,16)(H,17,18). The molecule has 0 saturated carbocycles. The van der Waals surface area contributed by atoms with Crippen molar-refractivity contribution in [3.63, 3.8) is 0 Å². The minimum absolute atomic E-state index is 0.0712. The number of aromatic carboxylic acids is 1. The van der Waals surface area contributed by atoms with Crippen LogP contribution in [0.4, 0.5) is 5.69 Å². The zero-order valence-electron chi connectivity index (χ0n) is 11.0. The summed E-state index contributed by atoms with van der Waals surface area (Å²) in [6.45, 7) is 1.79. The summed E-state index contributed by atoms with van der Waals surface area (Å²) in [5, 5.41) is 13.5. The first-order valence-corrected chi connectivity index (χ1v) is 6.67. The second-order valence-corrected chi connectivity index (χ2v) is 5.07. The molecule has 5 nitrogen and oxygen atoms in total. The van der Waals surface area contributed by atoms with Gasteiger partial charge < -0.3 is 15.2 Å². The second kappa shape index (κ2) is 5.75. The van der Waals surface area contributed by atoms with Crippen LogP contribution >= 0.6 is 11.3 Å². The monoisotopic (exact) mass is 291 g/mol. The van der Waals surface area contributed by atoms with Crippen molar-refractivity contribution in [2.75, 3.05) is 12.4 Å². The zero-order valence-corrected chi connectivity index (χ0v) is 11.8. The van der Waals surface area contributed by atoms with Gasteiger partial charge in [0, 0.05) is 11.4 Å². The quantitative estimate of drug-likeness (QED) is 0.908. The number of aryl methyl sites for hydroxylation is 1. The summed E-state index contributed by atoms with van der Waals surface area (Å²) >= 11 is 1.23. The largest absolute Gasteiger partial charge is 0.496 e. The molecule has 0 saturated heterocycles. The van der Waals surface area contributed by atoms with Crippen molar-refractivity contribution in [2.24, 2.45) is 0 Å². The number of rotatable bonds is 4. The number of methoxy groups -OCH3 is 1. The number of anilines is 1. The molecular formula is C14H13NO4S. The van der Waals surface area contributed by atoms with Crippen LogP contribution in [0.25, 0.3) is 0 Å². The zero-order chi connectivity index (χ0) is 14.7. The minimum atomic E-state index is -1.08. The number of carboxylic acid groups (broad SMARTS) is 1. The van der Waals surface area contributed by atoms with Crippen LogP contribution in [0.2, 0.25) is 0 Å². The van der Waals surface area contributed by atoms with E-state index in [9.17, 15) is 9.59 Å². The van der Waals surface area contributed by atoms with Crippen molar-refractivity contribution in [1.82, 2.24) is 0 Å². The number of hydrogen-bond donors (Lipinski definition) is 2. The maximum absolute atomic E-state index is 12.1. The molecule has 1 aromatic carbocycles. The fourth-order valence-electron chi connectivity index (χ4n) is 1.67. The van der Waals surface area contributed by atoms with Crippen LogP contribution in [0.5, 0.6) is 5.75 Å². The third kappa shape index (κ3) is 2.97. The maximum atomic E-state index is 12.1.